The number of nitrogens with two attached hydrogens (primary N) is 1. The Morgan fingerprint density at radius 2 is 2.33 bits per heavy atom. The van der Waals surface area contributed by atoms with Gasteiger partial charge in [-0.25, -0.2) is 0 Å². The summed E-state index contributed by atoms with van der Waals surface area (Å²) in [6, 6.07) is 0. The van der Waals surface area contributed by atoms with E-state index in [2.05, 4.69) is 11.0 Å². The minimum Gasteiger partial charge on any atom is -0.380 e. The van der Waals surface area contributed by atoms with E-state index in [0.717, 1.165) is 26.1 Å². The van der Waals surface area contributed by atoms with Gasteiger partial charge in [0, 0.05) is 26.7 Å². The molecule has 1 heterocycles. The summed E-state index contributed by atoms with van der Waals surface area (Å²) in [4.78, 5) is 2.53. The molecule has 1 aliphatic heterocycles. The van der Waals surface area contributed by atoms with Gasteiger partial charge in [-0.1, -0.05) is 6.08 Å². The first-order chi connectivity index (χ1) is 7.28. The first-order valence-corrected chi connectivity index (χ1v) is 5.87. The van der Waals surface area contributed by atoms with E-state index in [1.54, 1.807) is 7.11 Å². The zero-order chi connectivity index (χ0) is 10.7. The molecule has 0 aromatic carbocycles. The predicted octanol–water partition coefficient (Wildman–Crippen LogP) is 1.00. The Morgan fingerprint density at radius 1 is 1.53 bits per heavy atom. The van der Waals surface area contributed by atoms with Gasteiger partial charge < -0.3 is 10.5 Å². The number of hydrogen-bond donors (Lipinski definition) is 1. The van der Waals surface area contributed by atoms with Crippen molar-refractivity contribution in [2.45, 2.75) is 19.3 Å². The Morgan fingerprint density at radius 3 is 2.80 bits per heavy atom. The van der Waals surface area contributed by atoms with Crippen LogP contribution in [-0.4, -0.2) is 44.8 Å². The van der Waals surface area contributed by atoms with Crippen molar-refractivity contribution in [2.75, 3.05) is 39.9 Å². The van der Waals surface area contributed by atoms with Gasteiger partial charge in [-0.15, -0.1) is 0 Å². The molecule has 0 aromatic heterocycles. The number of methoxy groups -OCH3 is 1. The van der Waals surface area contributed by atoms with Gasteiger partial charge in [-0.2, -0.15) is 0 Å². The maximum atomic E-state index is 5.80. The summed E-state index contributed by atoms with van der Waals surface area (Å²) >= 11 is 0. The van der Waals surface area contributed by atoms with Crippen molar-refractivity contribution < 1.29 is 4.74 Å². The summed E-state index contributed by atoms with van der Waals surface area (Å²) in [7, 11) is 1.76. The van der Waals surface area contributed by atoms with Gasteiger partial charge in [0.15, 0.2) is 0 Å². The highest BCUT2D eigenvalue weighted by Gasteiger charge is 2.42. The first-order valence-electron chi connectivity index (χ1n) is 5.87. The Bertz CT molecular complexity index is 246. The van der Waals surface area contributed by atoms with Gasteiger partial charge in [-0.05, 0) is 36.8 Å². The summed E-state index contributed by atoms with van der Waals surface area (Å²) in [6.45, 7) is 5.12. The molecule has 0 aromatic rings. The monoisotopic (exact) mass is 210 g/mol. The Hall–Kier alpha value is -0.380. The molecular weight excluding hydrogens is 188 g/mol. The van der Waals surface area contributed by atoms with Crippen LogP contribution in [0.4, 0.5) is 0 Å². The van der Waals surface area contributed by atoms with Crippen LogP contribution in [0.3, 0.4) is 0 Å². The van der Waals surface area contributed by atoms with E-state index in [0.29, 0.717) is 5.41 Å². The Labute approximate surface area is 92.3 Å². The summed E-state index contributed by atoms with van der Waals surface area (Å²) in [5.41, 5.74) is 7.73. The first kappa shape index (κ1) is 11.1. The number of ether oxygens (including phenoxy) is 1. The summed E-state index contributed by atoms with van der Waals surface area (Å²) in [6.07, 6.45) is 6.14. The third kappa shape index (κ3) is 2.80. The van der Waals surface area contributed by atoms with Crippen LogP contribution in [0.25, 0.3) is 0 Å². The second-order valence-corrected chi connectivity index (χ2v) is 4.98. The Kier molecular flexibility index (Phi) is 3.44. The van der Waals surface area contributed by atoms with Crippen molar-refractivity contribution in [1.82, 2.24) is 4.90 Å². The maximum absolute atomic E-state index is 5.80. The molecule has 0 amide bonds. The number of rotatable bonds is 5. The third-order valence-corrected chi connectivity index (χ3v) is 3.67. The molecular formula is C12H22N2O. The molecule has 2 N–H and O–H groups in total. The molecule has 3 heteroatoms. The molecule has 15 heavy (non-hydrogen) atoms. The average molecular weight is 210 g/mol. The highest BCUT2D eigenvalue weighted by atomic mass is 16.5. The molecule has 0 unspecified atom stereocenters. The predicted molar refractivity (Wildman–Crippen MR) is 61.7 cm³/mol. The summed E-state index contributed by atoms with van der Waals surface area (Å²) in [5.74, 6) is 0. The van der Waals surface area contributed by atoms with Crippen LogP contribution < -0.4 is 5.73 Å². The molecule has 0 radical (unpaired) electrons. The number of hydrogen-bond acceptors (Lipinski definition) is 3. The fraction of sp³-hybridized carbons (Fsp3) is 0.833. The quantitative estimate of drug-likeness (QED) is 0.688. The largest absolute Gasteiger partial charge is 0.380 e. The Balaban J connectivity index is 1.78. The van der Waals surface area contributed by atoms with E-state index in [-0.39, 0.29) is 0 Å². The molecule has 2 aliphatic rings. The summed E-state index contributed by atoms with van der Waals surface area (Å²) < 4.78 is 5.14. The minimum absolute atomic E-state index is 0.479. The number of nitrogens with zero attached hydrogens (tertiary/aromatic N) is 1. The van der Waals surface area contributed by atoms with Crippen molar-refractivity contribution in [2.24, 2.45) is 11.1 Å². The van der Waals surface area contributed by atoms with Crippen molar-refractivity contribution in [3.63, 3.8) is 0 Å². The standard InChI is InChI=1S/C12H22N2O/c1-15-8-11-2-6-14(7-3-11)10-12(9-13)4-5-12/h2H,3-10,13H2,1H3. The van der Waals surface area contributed by atoms with E-state index < -0.39 is 0 Å². The fourth-order valence-electron chi connectivity index (χ4n) is 2.29. The zero-order valence-electron chi connectivity index (χ0n) is 9.67. The van der Waals surface area contributed by atoms with Crippen LogP contribution in [0.1, 0.15) is 19.3 Å². The van der Waals surface area contributed by atoms with Gasteiger partial charge >= 0.3 is 0 Å². The van der Waals surface area contributed by atoms with Crippen molar-refractivity contribution >= 4 is 0 Å². The highest BCUT2D eigenvalue weighted by molar-refractivity contribution is 5.09. The van der Waals surface area contributed by atoms with Crippen LogP contribution in [-0.2, 0) is 4.74 Å². The van der Waals surface area contributed by atoms with Crippen molar-refractivity contribution in [3.8, 4) is 0 Å². The topological polar surface area (TPSA) is 38.5 Å². The van der Waals surface area contributed by atoms with Crippen molar-refractivity contribution in [1.29, 1.82) is 0 Å². The van der Waals surface area contributed by atoms with Crippen LogP contribution in [0.15, 0.2) is 11.6 Å². The molecule has 0 spiro atoms. The molecule has 1 aliphatic carbocycles. The fourth-order valence-corrected chi connectivity index (χ4v) is 2.29. The van der Waals surface area contributed by atoms with Gasteiger partial charge in [0.05, 0.1) is 6.61 Å². The molecule has 1 saturated carbocycles. The molecule has 0 saturated heterocycles. The lowest BCUT2D eigenvalue weighted by Gasteiger charge is -2.29. The second kappa shape index (κ2) is 4.64. The lowest BCUT2D eigenvalue weighted by Crippen LogP contribution is -2.37. The smallest absolute Gasteiger partial charge is 0.0673 e. The maximum Gasteiger partial charge on any atom is 0.0673 e. The van der Waals surface area contributed by atoms with Crippen molar-refractivity contribution in [3.05, 3.63) is 11.6 Å². The third-order valence-electron chi connectivity index (χ3n) is 3.67. The zero-order valence-corrected chi connectivity index (χ0v) is 9.67. The second-order valence-electron chi connectivity index (χ2n) is 4.98. The van der Waals surface area contributed by atoms with Crippen LogP contribution in [0.2, 0.25) is 0 Å². The molecule has 3 nitrogen and oxygen atoms in total. The summed E-state index contributed by atoms with van der Waals surface area (Å²) in [5, 5.41) is 0. The molecule has 0 atom stereocenters. The van der Waals surface area contributed by atoms with E-state index >= 15 is 0 Å². The lowest BCUT2D eigenvalue weighted by molar-refractivity contribution is 0.201. The molecule has 1 fully saturated rings. The average Bonchev–Trinajstić information content (AvgIpc) is 3.02. The van der Waals surface area contributed by atoms with E-state index in [9.17, 15) is 0 Å². The highest BCUT2D eigenvalue weighted by Crippen LogP contribution is 2.45. The van der Waals surface area contributed by atoms with Crippen LogP contribution >= 0.6 is 0 Å². The SMILES string of the molecule is COCC1=CCN(CC2(CN)CC2)CC1. The molecule has 86 valence electrons. The van der Waals surface area contributed by atoms with Gasteiger partial charge in [0.1, 0.15) is 0 Å². The van der Waals surface area contributed by atoms with E-state index in [4.69, 9.17) is 10.5 Å². The van der Waals surface area contributed by atoms with Crippen LogP contribution in [0.5, 0.6) is 0 Å². The van der Waals surface area contributed by atoms with Gasteiger partial charge in [0.2, 0.25) is 0 Å². The van der Waals surface area contributed by atoms with Gasteiger partial charge in [0.25, 0.3) is 0 Å². The van der Waals surface area contributed by atoms with E-state index in [1.165, 1.54) is 31.5 Å². The molecule has 0 bridgehead atoms. The lowest BCUT2D eigenvalue weighted by atomic mass is 10.0. The van der Waals surface area contributed by atoms with Gasteiger partial charge in [-0.3, -0.25) is 4.90 Å². The van der Waals surface area contributed by atoms with Crippen LogP contribution in [0, 0.1) is 5.41 Å². The van der Waals surface area contributed by atoms with E-state index in [1.807, 2.05) is 0 Å². The minimum atomic E-state index is 0.479. The molecule has 2 rings (SSSR count). The normalized spacial score (nSPS) is 25.1.